The Morgan fingerprint density at radius 2 is 1.83 bits per heavy atom. The van der Waals surface area contributed by atoms with E-state index in [-0.39, 0.29) is 17.0 Å². The first-order valence-corrected chi connectivity index (χ1v) is 9.02. The number of fused-ring (bicyclic) bond motifs is 1. The molecule has 0 amide bonds. The van der Waals surface area contributed by atoms with E-state index in [1.807, 2.05) is 19.1 Å². The van der Waals surface area contributed by atoms with Gasteiger partial charge in [0.15, 0.2) is 0 Å². The Morgan fingerprint density at radius 3 is 2.58 bits per heavy atom. The number of nitrogens with one attached hydrogen (secondary N) is 2. The van der Waals surface area contributed by atoms with Crippen molar-refractivity contribution in [1.29, 1.82) is 0 Å². The quantitative estimate of drug-likeness (QED) is 0.765. The van der Waals surface area contributed by atoms with Gasteiger partial charge in [0, 0.05) is 17.6 Å². The van der Waals surface area contributed by atoms with E-state index in [1.165, 1.54) is 0 Å². The standard InChI is InChI=1S/C18H18N2O3S/c1-12-4-3-5-16(8-12)24(22,23)19-11-14-6-7-17-15(10-14)9-13(2)18(21)20-17/h3-10,19H,11H2,1-2H3,(H,20,21). The number of aryl methyl sites for hydroxylation is 2. The number of hydrogen-bond donors (Lipinski definition) is 2. The second-order valence-electron chi connectivity index (χ2n) is 5.84. The highest BCUT2D eigenvalue weighted by Gasteiger charge is 2.13. The molecule has 0 bridgehead atoms. The Morgan fingerprint density at radius 1 is 1.04 bits per heavy atom. The Kier molecular flexibility index (Phi) is 4.26. The van der Waals surface area contributed by atoms with Crippen LogP contribution in [0.3, 0.4) is 0 Å². The fourth-order valence-corrected chi connectivity index (χ4v) is 3.64. The van der Waals surface area contributed by atoms with Gasteiger partial charge in [-0.25, -0.2) is 13.1 Å². The minimum atomic E-state index is -3.56. The molecule has 124 valence electrons. The lowest BCUT2D eigenvalue weighted by Gasteiger charge is -2.08. The molecule has 2 aromatic carbocycles. The number of hydrogen-bond acceptors (Lipinski definition) is 3. The first kappa shape index (κ1) is 16.4. The van der Waals surface area contributed by atoms with Gasteiger partial charge in [-0.05, 0) is 60.7 Å². The Bertz CT molecular complexity index is 1070. The first-order valence-electron chi connectivity index (χ1n) is 7.54. The summed E-state index contributed by atoms with van der Waals surface area (Å²) in [6.07, 6.45) is 0. The lowest BCUT2D eigenvalue weighted by atomic mass is 10.1. The van der Waals surface area contributed by atoms with Crippen molar-refractivity contribution in [2.45, 2.75) is 25.3 Å². The molecule has 2 N–H and O–H groups in total. The van der Waals surface area contributed by atoms with E-state index in [9.17, 15) is 13.2 Å². The van der Waals surface area contributed by atoms with Crippen molar-refractivity contribution in [2.75, 3.05) is 0 Å². The highest BCUT2D eigenvalue weighted by Crippen LogP contribution is 2.15. The van der Waals surface area contributed by atoms with Gasteiger partial charge < -0.3 is 4.98 Å². The number of benzene rings is 2. The lowest BCUT2D eigenvalue weighted by Crippen LogP contribution is -2.23. The van der Waals surface area contributed by atoms with Crippen LogP contribution in [0.1, 0.15) is 16.7 Å². The van der Waals surface area contributed by atoms with Crippen molar-refractivity contribution < 1.29 is 8.42 Å². The van der Waals surface area contributed by atoms with Gasteiger partial charge in [-0.2, -0.15) is 0 Å². The van der Waals surface area contributed by atoms with Gasteiger partial charge in [0.1, 0.15) is 0 Å². The van der Waals surface area contributed by atoms with Crippen LogP contribution in [0, 0.1) is 13.8 Å². The Balaban J connectivity index is 1.85. The summed E-state index contributed by atoms with van der Waals surface area (Å²) in [7, 11) is -3.56. The van der Waals surface area contributed by atoms with E-state index >= 15 is 0 Å². The third-order valence-electron chi connectivity index (χ3n) is 3.86. The van der Waals surface area contributed by atoms with Gasteiger partial charge in [0.2, 0.25) is 10.0 Å². The van der Waals surface area contributed by atoms with Crippen molar-refractivity contribution in [3.05, 3.63) is 75.6 Å². The molecule has 0 fully saturated rings. The van der Waals surface area contributed by atoms with E-state index in [2.05, 4.69) is 9.71 Å². The molecular formula is C18H18N2O3S. The predicted octanol–water partition coefficient (Wildman–Crippen LogP) is 2.62. The molecule has 24 heavy (non-hydrogen) atoms. The van der Waals surface area contributed by atoms with Crippen LogP contribution in [0.25, 0.3) is 10.9 Å². The molecule has 0 saturated heterocycles. The maximum absolute atomic E-state index is 12.4. The highest BCUT2D eigenvalue weighted by molar-refractivity contribution is 7.89. The van der Waals surface area contributed by atoms with Crippen molar-refractivity contribution >= 4 is 20.9 Å². The Labute approximate surface area is 140 Å². The molecule has 0 saturated carbocycles. The van der Waals surface area contributed by atoms with Gasteiger partial charge in [-0.3, -0.25) is 4.79 Å². The number of pyridine rings is 1. The van der Waals surface area contributed by atoms with Crippen LogP contribution in [-0.2, 0) is 16.6 Å². The molecule has 5 nitrogen and oxygen atoms in total. The summed E-state index contributed by atoms with van der Waals surface area (Å²) in [6, 6.07) is 14.0. The van der Waals surface area contributed by atoms with E-state index < -0.39 is 10.0 Å². The van der Waals surface area contributed by atoms with Crippen LogP contribution in [0.5, 0.6) is 0 Å². The van der Waals surface area contributed by atoms with Crippen LogP contribution in [0.2, 0.25) is 0 Å². The molecule has 3 rings (SSSR count). The topological polar surface area (TPSA) is 79.0 Å². The molecule has 0 radical (unpaired) electrons. The van der Waals surface area contributed by atoms with E-state index in [4.69, 9.17) is 0 Å². The summed E-state index contributed by atoms with van der Waals surface area (Å²) in [5.41, 5.74) is 2.96. The molecule has 0 unspecified atom stereocenters. The fraction of sp³-hybridized carbons (Fsp3) is 0.167. The zero-order valence-corrected chi connectivity index (χ0v) is 14.3. The summed E-state index contributed by atoms with van der Waals surface area (Å²) < 4.78 is 27.3. The predicted molar refractivity (Wildman–Crippen MR) is 94.5 cm³/mol. The van der Waals surface area contributed by atoms with Crippen molar-refractivity contribution in [1.82, 2.24) is 9.71 Å². The molecule has 0 atom stereocenters. The largest absolute Gasteiger partial charge is 0.322 e. The summed E-state index contributed by atoms with van der Waals surface area (Å²) >= 11 is 0. The summed E-state index contributed by atoms with van der Waals surface area (Å²) in [6.45, 7) is 3.78. The number of aromatic nitrogens is 1. The molecule has 0 aliphatic carbocycles. The van der Waals surface area contributed by atoms with Crippen LogP contribution in [0.4, 0.5) is 0 Å². The molecule has 0 spiro atoms. The molecule has 3 aromatic rings. The summed E-state index contributed by atoms with van der Waals surface area (Å²) in [5.74, 6) is 0. The van der Waals surface area contributed by atoms with Crippen molar-refractivity contribution in [2.24, 2.45) is 0 Å². The molecular weight excluding hydrogens is 324 g/mol. The fourth-order valence-electron chi connectivity index (χ4n) is 2.52. The SMILES string of the molecule is Cc1cccc(S(=O)(=O)NCc2ccc3[nH]c(=O)c(C)cc3c2)c1. The van der Waals surface area contributed by atoms with Gasteiger partial charge >= 0.3 is 0 Å². The number of aromatic amines is 1. The molecule has 0 aliphatic heterocycles. The monoisotopic (exact) mass is 342 g/mol. The summed E-state index contributed by atoms with van der Waals surface area (Å²) in [4.78, 5) is 14.7. The zero-order valence-electron chi connectivity index (χ0n) is 13.5. The van der Waals surface area contributed by atoms with Crippen LogP contribution in [0.15, 0.2) is 58.2 Å². The van der Waals surface area contributed by atoms with Gasteiger partial charge in [-0.15, -0.1) is 0 Å². The highest BCUT2D eigenvalue weighted by atomic mass is 32.2. The third-order valence-corrected chi connectivity index (χ3v) is 5.26. The normalized spacial score (nSPS) is 11.8. The minimum Gasteiger partial charge on any atom is -0.322 e. The molecule has 1 aromatic heterocycles. The molecule has 0 aliphatic rings. The lowest BCUT2D eigenvalue weighted by molar-refractivity contribution is 0.581. The van der Waals surface area contributed by atoms with Crippen LogP contribution >= 0.6 is 0 Å². The van der Waals surface area contributed by atoms with Crippen molar-refractivity contribution in [3.63, 3.8) is 0 Å². The van der Waals surface area contributed by atoms with Gasteiger partial charge in [0.05, 0.1) is 4.90 Å². The second kappa shape index (κ2) is 6.22. The maximum atomic E-state index is 12.4. The van der Waals surface area contributed by atoms with Gasteiger partial charge in [-0.1, -0.05) is 18.2 Å². The van der Waals surface area contributed by atoms with E-state index in [0.717, 1.165) is 22.0 Å². The van der Waals surface area contributed by atoms with Crippen molar-refractivity contribution in [3.8, 4) is 0 Å². The zero-order chi connectivity index (χ0) is 17.3. The first-order chi connectivity index (χ1) is 11.3. The number of sulfonamides is 1. The second-order valence-corrected chi connectivity index (χ2v) is 7.61. The third kappa shape index (κ3) is 3.39. The average Bonchev–Trinajstić information content (AvgIpc) is 2.54. The van der Waals surface area contributed by atoms with E-state index in [0.29, 0.717) is 5.56 Å². The Hall–Kier alpha value is -2.44. The maximum Gasteiger partial charge on any atom is 0.251 e. The van der Waals surface area contributed by atoms with Gasteiger partial charge in [0.25, 0.3) is 5.56 Å². The van der Waals surface area contributed by atoms with Crippen LogP contribution < -0.4 is 10.3 Å². The van der Waals surface area contributed by atoms with E-state index in [1.54, 1.807) is 43.3 Å². The smallest absolute Gasteiger partial charge is 0.251 e. The summed E-state index contributed by atoms with van der Waals surface area (Å²) in [5, 5.41) is 0.874. The number of H-pyrrole nitrogens is 1. The minimum absolute atomic E-state index is 0.115. The average molecular weight is 342 g/mol. The molecule has 6 heteroatoms. The van der Waals surface area contributed by atoms with Crippen LogP contribution in [-0.4, -0.2) is 13.4 Å². The number of rotatable bonds is 4. The molecule has 1 heterocycles.